The van der Waals surface area contributed by atoms with Gasteiger partial charge in [0.25, 0.3) is 0 Å². The van der Waals surface area contributed by atoms with Crippen LogP contribution in [-0.4, -0.2) is 37.3 Å². The van der Waals surface area contributed by atoms with Gasteiger partial charge in [-0.1, -0.05) is 12.8 Å². The molecule has 2 N–H and O–H groups in total. The molecular weight excluding hydrogens is 258 g/mol. The molecule has 0 bridgehead atoms. The number of rotatable bonds is 6. The molecule has 0 aromatic carbocycles. The smallest absolute Gasteiger partial charge is 0.323 e. The Morgan fingerprint density at radius 3 is 2.25 bits per heavy atom. The van der Waals surface area contributed by atoms with Crippen LogP contribution in [0.1, 0.15) is 25.7 Å². The standard InChI is InChI=1S/C14H23N3O3/c1-18-12-7-13(19-2)17-14(16-12)20-9-11-6-4-3-5-10(11)8-15/h7,10-11H,3-6,8-9,15H2,1-2H3. The number of nitrogens with two attached hydrogens (primary N) is 1. The van der Waals surface area contributed by atoms with Gasteiger partial charge in [0.05, 0.1) is 26.9 Å². The van der Waals surface area contributed by atoms with Gasteiger partial charge in [0, 0.05) is 0 Å². The Bertz CT molecular complexity index is 406. The van der Waals surface area contributed by atoms with Gasteiger partial charge in [-0.2, -0.15) is 9.97 Å². The molecule has 0 spiro atoms. The first kappa shape index (κ1) is 14.8. The predicted octanol–water partition coefficient (Wildman–Crippen LogP) is 1.64. The maximum atomic E-state index is 5.83. The second-order valence-electron chi connectivity index (χ2n) is 5.09. The molecule has 6 heteroatoms. The van der Waals surface area contributed by atoms with Crippen LogP contribution in [0.15, 0.2) is 6.07 Å². The first-order chi connectivity index (χ1) is 9.76. The summed E-state index contributed by atoms with van der Waals surface area (Å²) >= 11 is 0. The minimum atomic E-state index is 0.294. The van der Waals surface area contributed by atoms with E-state index in [4.69, 9.17) is 19.9 Å². The van der Waals surface area contributed by atoms with E-state index >= 15 is 0 Å². The van der Waals surface area contributed by atoms with E-state index in [9.17, 15) is 0 Å². The predicted molar refractivity (Wildman–Crippen MR) is 75.1 cm³/mol. The molecule has 0 saturated heterocycles. The highest BCUT2D eigenvalue weighted by molar-refractivity contribution is 5.22. The van der Waals surface area contributed by atoms with Crippen molar-refractivity contribution in [3.05, 3.63) is 6.07 Å². The largest absolute Gasteiger partial charge is 0.481 e. The highest BCUT2D eigenvalue weighted by Gasteiger charge is 2.24. The Hall–Kier alpha value is -1.56. The molecule has 1 saturated carbocycles. The molecular formula is C14H23N3O3. The second kappa shape index (κ2) is 7.28. The molecule has 1 heterocycles. The third kappa shape index (κ3) is 3.72. The zero-order valence-electron chi connectivity index (χ0n) is 12.2. The second-order valence-corrected chi connectivity index (χ2v) is 5.09. The van der Waals surface area contributed by atoms with Crippen molar-refractivity contribution in [2.75, 3.05) is 27.4 Å². The third-order valence-corrected chi connectivity index (χ3v) is 3.87. The molecule has 2 rings (SSSR count). The van der Waals surface area contributed by atoms with Crippen molar-refractivity contribution in [3.8, 4) is 17.8 Å². The summed E-state index contributed by atoms with van der Waals surface area (Å²) in [6.07, 6.45) is 4.85. The van der Waals surface area contributed by atoms with Crippen LogP contribution in [0.4, 0.5) is 0 Å². The van der Waals surface area contributed by atoms with Crippen molar-refractivity contribution in [2.45, 2.75) is 25.7 Å². The molecule has 1 aromatic heterocycles. The average molecular weight is 281 g/mol. The molecule has 2 unspecified atom stereocenters. The number of hydrogen-bond acceptors (Lipinski definition) is 6. The first-order valence-corrected chi connectivity index (χ1v) is 7.06. The Kier molecular flexibility index (Phi) is 5.40. The van der Waals surface area contributed by atoms with Crippen molar-refractivity contribution in [3.63, 3.8) is 0 Å². The van der Waals surface area contributed by atoms with Gasteiger partial charge in [0.15, 0.2) is 0 Å². The van der Waals surface area contributed by atoms with Crippen molar-refractivity contribution in [2.24, 2.45) is 17.6 Å². The number of hydrogen-bond donors (Lipinski definition) is 1. The highest BCUT2D eigenvalue weighted by Crippen LogP contribution is 2.30. The molecule has 20 heavy (non-hydrogen) atoms. The lowest BCUT2D eigenvalue weighted by Gasteiger charge is -2.30. The summed E-state index contributed by atoms with van der Waals surface area (Å²) in [5, 5.41) is 0. The zero-order valence-corrected chi connectivity index (χ0v) is 12.2. The van der Waals surface area contributed by atoms with E-state index in [0.29, 0.717) is 36.2 Å². The summed E-state index contributed by atoms with van der Waals surface area (Å²) in [7, 11) is 3.11. The summed E-state index contributed by atoms with van der Waals surface area (Å²) in [4.78, 5) is 8.34. The normalized spacial score (nSPS) is 22.4. The van der Waals surface area contributed by atoms with Gasteiger partial charge < -0.3 is 19.9 Å². The molecule has 1 aliphatic carbocycles. The third-order valence-electron chi connectivity index (χ3n) is 3.87. The van der Waals surface area contributed by atoms with Crippen LogP contribution in [-0.2, 0) is 0 Å². The molecule has 0 radical (unpaired) electrons. The molecule has 6 nitrogen and oxygen atoms in total. The van der Waals surface area contributed by atoms with E-state index in [-0.39, 0.29) is 0 Å². The number of ether oxygens (including phenoxy) is 3. The highest BCUT2D eigenvalue weighted by atomic mass is 16.5. The SMILES string of the molecule is COc1cc(OC)nc(OCC2CCCCC2CN)n1. The van der Waals surface area contributed by atoms with E-state index in [1.807, 2.05) is 0 Å². The van der Waals surface area contributed by atoms with Gasteiger partial charge >= 0.3 is 6.01 Å². The van der Waals surface area contributed by atoms with Crippen LogP contribution in [0.2, 0.25) is 0 Å². The fourth-order valence-electron chi connectivity index (χ4n) is 2.65. The summed E-state index contributed by atoms with van der Waals surface area (Å²) < 4.78 is 15.9. The maximum absolute atomic E-state index is 5.83. The summed E-state index contributed by atoms with van der Waals surface area (Å²) in [6, 6.07) is 1.92. The lowest BCUT2D eigenvalue weighted by molar-refractivity contribution is 0.143. The van der Waals surface area contributed by atoms with Crippen LogP contribution < -0.4 is 19.9 Å². The number of methoxy groups -OCH3 is 2. The fourth-order valence-corrected chi connectivity index (χ4v) is 2.65. The summed E-state index contributed by atoms with van der Waals surface area (Å²) in [6.45, 7) is 1.31. The quantitative estimate of drug-likeness (QED) is 0.854. The zero-order chi connectivity index (χ0) is 14.4. The van der Waals surface area contributed by atoms with E-state index in [1.54, 1.807) is 20.3 Å². The van der Waals surface area contributed by atoms with Crippen LogP contribution >= 0.6 is 0 Å². The summed E-state index contributed by atoms with van der Waals surface area (Å²) in [5.41, 5.74) is 5.83. The molecule has 1 aromatic rings. The van der Waals surface area contributed by atoms with Gasteiger partial charge in [0.1, 0.15) is 0 Å². The molecule has 0 amide bonds. The molecule has 1 aliphatic rings. The molecule has 0 aliphatic heterocycles. The van der Waals surface area contributed by atoms with Crippen LogP contribution in [0.5, 0.6) is 17.8 Å². The van der Waals surface area contributed by atoms with E-state index in [1.165, 1.54) is 19.3 Å². The van der Waals surface area contributed by atoms with Gasteiger partial charge in [-0.3, -0.25) is 0 Å². The Labute approximate surface area is 119 Å². The Balaban J connectivity index is 1.98. The van der Waals surface area contributed by atoms with Crippen molar-refractivity contribution < 1.29 is 14.2 Å². The Morgan fingerprint density at radius 1 is 1.10 bits per heavy atom. The van der Waals surface area contributed by atoms with E-state index < -0.39 is 0 Å². The molecule has 2 atom stereocenters. The minimum absolute atomic E-state index is 0.294. The number of nitrogens with zero attached hydrogens (tertiary/aromatic N) is 2. The van der Waals surface area contributed by atoms with E-state index in [0.717, 1.165) is 13.0 Å². The van der Waals surface area contributed by atoms with Crippen LogP contribution in [0.3, 0.4) is 0 Å². The molecule has 1 fully saturated rings. The van der Waals surface area contributed by atoms with Gasteiger partial charge in [-0.05, 0) is 31.2 Å². The minimum Gasteiger partial charge on any atom is -0.481 e. The van der Waals surface area contributed by atoms with Gasteiger partial charge in [0.2, 0.25) is 11.8 Å². The topological polar surface area (TPSA) is 79.5 Å². The average Bonchev–Trinajstić information content (AvgIpc) is 2.52. The lowest BCUT2D eigenvalue weighted by Crippen LogP contribution is -2.31. The first-order valence-electron chi connectivity index (χ1n) is 7.06. The lowest BCUT2D eigenvalue weighted by atomic mass is 9.80. The number of aromatic nitrogens is 2. The van der Waals surface area contributed by atoms with Crippen molar-refractivity contribution >= 4 is 0 Å². The van der Waals surface area contributed by atoms with Crippen LogP contribution in [0.25, 0.3) is 0 Å². The summed E-state index contributed by atoms with van der Waals surface area (Å²) in [5.74, 6) is 1.89. The van der Waals surface area contributed by atoms with Gasteiger partial charge in [-0.25, -0.2) is 0 Å². The monoisotopic (exact) mass is 281 g/mol. The van der Waals surface area contributed by atoms with E-state index in [2.05, 4.69) is 9.97 Å². The van der Waals surface area contributed by atoms with Gasteiger partial charge in [-0.15, -0.1) is 0 Å². The fraction of sp³-hybridized carbons (Fsp3) is 0.714. The maximum Gasteiger partial charge on any atom is 0.323 e. The Morgan fingerprint density at radius 2 is 1.70 bits per heavy atom. The molecule has 112 valence electrons. The van der Waals surface area contributed by atoms with Crippen molar-refractivity contribution in [1.29, 1.82) is 0 Å². The van der Waals surface area contributed by atoms with Crippen LogP contribution in [0, 0.1) is 11.8 Å². The van der Waals surface area contributed by atoms with Crippen molar-refractivity contribution in [1.82, 2.24) is 9.97 Å².